The molecule has 2 aliphatic rings. The van der Waals surface area contributed by atoms with Crippen LogP contribution in [0.5, 0.6) is 0 Å². The molecule has 0 unspecified atom stereocenters. The van der Waals surface area contributed by atoms with E-state index in [2.05, 4.69) is 10.3 Å². The number of thioether (sulfide) groups is 1. The van der Waals surface area contributed by atoms with Crippen LogP contribution in [0.4, 0.5) is 0 Å². The normalized spacial score (nSPS) is 40.6. The molecule has 7 heteroatoms. The fraction of sp³-hybridized carbons (Fsp3) is 0.750. The molecule has 108 valence electrons. The topological polar surface area (TPSA) is 94.3 Å². The summed E-state index contributed by atoms with van der Waals surface area (Å²) in [6.07, 6.45) is 1.49. The summed E-state index contributed by atoms with van der Waals surface area (Å²) >= 11 is 1.45. The zero-order valence-corrected chi connectivity index (χ0v) is 11.6. The minimum Gasteiger partial charge on any atom is -0.516 e. The quantitative estimate of drug-likeness (QED) is 0.558. The Bertz CT molecular complexity index is 364. The largest absolute Gasteiger partial charge is 0.516 e. The van der Waals surface area contributed by atoms with Crippen LogP contribution in [0.3, 0.4) is 0 Å². The summed E-state index contributed by atoms with van der Waals surface area (Å²) in [5.41, 5.74) is -0.230. The maximum absolute atomic E-state index is 10.1. The molecule has 0 saturated carbocycles. The van der Waals surface area contributed by atoms with Crippen LogP contribution in [0.2, 0.25) is 0 Å². The molecular formula is C12H20N2O4S. The number of aliphatic hydroxyl groups excluding tert-OH is 3. The van der Waals surface area contributed by atoms with E-state index in [0.29, 0.717) is 19.4 Å². The Morgan fingerprint density at radius 2 is 2.21 bits per heavy atom. The van der Waals surface area contributed by atoms with Crippen LogP contribution >= 0.6 is 11.8 Å². The van der Waals surface area contributed by atoms with Gasteiger partial charge in [-0.1, -0.05) is 17.8 Å². The first-order chi connectivity index (χ1) is 9.17. The van der Waals surface area contributed by atoms with Crippen molar-refractivity contribution < 1.29 is 20.1 Å². The van der Waals surface area contributed by atoms with Crippen molar-refractivity contribution in [2.24, 2.45) is 4.99 Å². The Morgan fingerprint density at radius 1 is 1.42 bits per heavy atom. The van der Waals surface area contributed by atoms with Gasteiger partial charge in [0.1, 0.15) is 17.6 Å². The van der Waals surface area contributed by atoms with Crippen molar-refractivity contribution in [3.8, 4) is 0 Å². The predicted molar refractivity (Wildman–Crippen MR) is 74.2 cm³/mol. The van der Waals surface area contributed by atoms with Gasteiger partial charge in [-0.2, -0.15) is 0 Å². The van der Waals surface area contributed by atoms with Crippen molar-refractivity contribution in [1.82, 2.24) is 5.32 Å². The van der Waals surface area contributed by atoms with E-state index in [9.17, 15) is 10.2 Å². The second kappa shape index (κ2) is 6.60. The fourth-order valence-electron chi connectivity index (χ4n) is 2.27. The molecule has 2 heterocycles. The van der Waals surface area contributed by atoms with Crippen molar-refractivity contribution in [2.75, 3.05) is 6.54 Å². The summed E-state index contributed by atoms with van der Waals surface area (Å²) in [5.74, 6) is 0. The molecule has 6 nitrogen and oxygen atoms in total. The molecule has 19 heavy (non-hydrogen) atoms. The number of ether oxygens (including phenoxy) is 1. The third-order valence-electron chi connectivity index (χ3n) is 3.24. The first-order valence-corrected chi connectivity index (χ1v) is 7.33. The highest BCUT2D eigenvalue weighted by atomic mass is 32.2. The van der Waals surface area contributed by atoms with Gasteiger partial charge in [-0.3, -0.25) is 4.99 Å². The summed E-state index contributed by atoms with van der Waals surface area (Å²) in [6, 6.07) is -0.324. The number of allylic oxidation sites excluding steroid dienone is 1. The number of aliphatic imine (C=N–C) groups is 1. The lowest BCUT2D eigenvalue weighted by molar-refractivity contribution is -0.157. The van der Waals surface area contributed by atoms with Crippen LogP contribution in [0, 0.1) is 0 Å². The summed E-state index contributed by atoms with van der Waals surface area (Å²) in [7, 11) is 0. The average molecular weight is 288 g/mol. The highest BCUT2D eigenvalue weighted by Crippen LogP contribution is 2.35. The molecule has 2 fully saturated rings. The van der Waals surface area contributed by atoms with Gasteiger partial charge in [-0.25, -0.2) is 0 Å². The third-order valence-corrected chi connectivity index (χ3v) is 4.35. The monoisotopic (exact) mass is 288 g/mol. The second-order valence-electron chi connectivity index (χ2n) is 4.55. The van der Waals surface area contributed by atoms with E-state index in [1.54, 1.807) is 6.08 Å². The minimum atomic E-state index is -0.928. The van der Waals surface area contributed by atoms with Crippen molar-refractivity contribution >= 4 is 16.9 Å². The molecular weight excluding hydrogens is 268 g/mol. The first kappa shape index (κ1) is 14.6. The lowest BCUT2D eigenvalue weighted by Crippen LogP contribution is -2.58. The van der Waals surface area contributed by atoms with E-state index in [0.717, 1.165) is 11.4 Å². The number of rotatable bonds is 4. The highest BCUT2D eigenvalue weighted by Gasteiger charge is 2.48. The second-order valence-corrected chi connectivity index (χ2v) is 5.64. The molecule has 2 rings (SSSR count). The van der Waals surface area contributed by atoms with Crippen LogP contribution in [-0.4, -0.2) is 56.8 Å². The fourth-order valence-corrected chi connectivity index (χ4v) is 3.47. The predicted octanol–water partition coefficient (Wildman–Crippen LogP) is 0.366. The van der Waals surface area contributed by atoms with E-state index >= 15 is 0 Å². The zero-order valence-electron chi connectivity index (χ0n) is 10.8. The summed E-state index contributed by atoms with van der Waals surface area (Å²) in [4.78, 5) is 4.26. The lowest BCUT2D eigenvalue weighted by Gasteiger charge is -2.38. The molecule has 0 radical (unpaired) electrons. The maximum Gasteiger partial charge on any atom is 0.159 e. The highest BCUT2D eigenvalue weighted by molar-refractivity contribution is 8.14. The van der Waals surface area contributed by atoms with Crippen molar-refractivity contribution in [1.29, 1.82) is 0 Å². The smallest absolute Gasteiger partial charge is 0.159 e. The van der Waals surface area contributed by atoms with Crippen LogP contribution < -0.4 is 5.32 Å². The minimum absolute atomic E-state index is 0.230. The number of nitrogens with zero attached hydrogens (tertiary/aromatic N) is 1. The first-order valence-electron chi connectivity index (χ1n) is 6.45. The number of nitrogens with one attached hydrogen (secondary N) is 1. The molecule has 0 spiro atoms. The number of amidine groups is 1. The third kappa shape index (κ3) is 3.22. The molecule has 0 aliphatic carbocycles. The van der Waals surface area contributed by atoms with Gasteiger partial charge in [0.05, 0.1) is 18.4 Å². The molecule has 4 N–H and O–H groups in total. The average Bonchev–Trinajstić information content (AvgIpc) is 2.79. The molecule has 0 aromatic carbocycles. The van der Waals surface area contributed by atoms with Gasteiger partial charge in [-0.15, -0.1) is 0 Å². The standard InChI is InChI=1S/C12H20N2O4S/c1-2-13-12-14-8-10(17)9(16)7(5-3-4-6-15)18-11(8)19-12/h4,6-11,15-17H,2-3,5H2,1H3,(H,13,14)/t7-,8-,9-,10-,11-/m1/s1. The Morgan fingerprint density at radius 3 is 2.89 bits per heavy atom. The number of hydrogen-bond donors (Lipinski definition) is 4. The zero-order chi connectivity index (χ0) is 13.8. The van der Waals surface area contributed by atoms with Crippen molar-refractivity contribution in [3.63, 3.8) is 0 Å². The van der Waals surface area contributed by atoms with Crippen LogP contribution in [-0.2, 0) is 4.74 Å². The summed E-state index contributed by atoms with van der Waals surface area (Å²) in [6.45, 7) is 2.60. The van der Waals surface area contributed by atoms with Crippen LogP contribution in [0.15, 0.2) is 17.3 Å². The molecule has 5 atom stereocenters. The van der Waals surface area contributed by atoms with Gasteiger partial charge in [0.25, 0.3) is 0 Å². The van der Waals surface area contributed by atoms with Gasteiger partial charge in [0.2, 0.25) is 0 Å². The van der Waals surface area contributed by atoms with Crippen LogP contribution in [0.1, 0.15) is 19.8 Å². The van der Waals surface area contributed by atoms with E-state index in [1.807, 2.05) is 6.92 Å². The summed E-state index contributed by atoms with van der Waals surface area (Å²) in [5, 5.41) is 32.6. The number of hydrogen-bond acceptors (Lipinski definition) is 6. The van der Waals surface area contributed by atoms with Crippen molar-refractivity contribution in [3.05, 3.63) is 12.3 Å². The molecule has 0 aromatic heterocycles. The Hall–Kier alpha value is -0.760. The van der Waals surface area contributed by atoms with E-state index in [4.69, 9.17) is 9.84 Å². The van der Waals surface area contributed by atoms with Gasteiger partial charge >= 0.3 is 0 Å². The molecule has 0 amide bonds. The Balaban J connectivity index is 1.99. The van der Waals surface area contributed by atoms with Gasteiger partial charge in [0, 0.05) is 6.54 Å². The lowest BCUT2D eigenvalue weighted by atomic mass is 9.95. The van der Waals surface area contributed by atoms with E-state index in [-0.39, 0.29) is 11.5 Å². The van der Waals surface area contributed by atoms with Gasteiger partial charge in [-0.05, 0) is 19.8 Å². The van der Waals surface area contributed by atoms with Crippen molar-refractivity contribution in [2.45, 2.75) is 49.6 Å². The SMILES string of the molecule is CCN=C1N[C@@H]2[C@@H](O)[C@H](O)[C@@H](CCC=CO)O[C@@H]2S1. The van der Waals surface area contributed by atoms with Gasteiger partial charge < -0.3 is 25.4 Å². The van der Waals surface area contributed by atoms with E-state index < -0.39 is 18.3 Å². The molecule has 2 aliphatic heterocycles. The molecule has 0 aromatic rings. The van der Waals surface area contributed by atoms with Gasteiger partial charge in [0.15, 0.2) is 5.17 Å². The van der Waals surface area contributed by atoms with Crippen LogP contribution in [0.25, 0.3) is 0 Å². The molecule has 2 saturated heterocycles. The Labute approximate surface area is 116 Å². The maximum atomic E-state index is 10.1. The molecule has 0 bridgehead atoms. The Kier molecular flexibility index (Phi) is 5.09. The number of aliphatic hydroxyl groups is 3. The number of fused-ring (bicyclic) bond motifs is 1. The van der Waals surface area contributed by atoms with E-state index in [1.165, 1.54) is 11.8 Å². The summed E-state index contributed by atoms with van der Waals surface area (Å²) < 4.78 is 5.81.